The minimum absolute atomic E-state index is 0.318. The molecule has 0 radical (unpaired) electrons. The molecular weight excluding hydrogens is 458 g/mol. The molecule has 3 aromatic rings. The molecule has 3 aromatic carbocycles. The SMILES string of the molecule is COC(=O)[C@@H](C)Oc1ccc2ccc(Oc3ccc(C(Cl)(Cl)Cl)cc3Cl)cc2c1. The van der Waals surface area contributed by atoms with Gasteiger partial charge in [-0.15, -0.1) is 0 Å². The van der Waals surface area contributed by atoms with Crippen molar-refractivity contribution >= 4 is 63.1 Å². The minimum Gasteiger partial charge on any atom is -0.479 e. The Morgan fingerprint density at radius 1 is 0.931 bits per heavy atom. The lowest BCUT2D eigenvalue weighted by Crippen LogP contribution is -2.24. The molecule has 0 saturated heterocycles. The fourth-order valence-corrected chi connectivity index (χ4v) is 3.22. The van der Waals surface area contributed by atoms with E-state index in [0.29, 0.717) is 27.8 Å². The molecule has 0 aliphatic heterocycles. The third-order valence-electron chi connectivity index (χ3n) is 4.12. The smallest absolute Gasteiger partial charge is 0.346 e. The van der Waals surface area contributed by atoms with Crippen LogP contribution in [0.1, 0.15) is 12.5 Å². The van der Waals surface area contributed by atoms with E-state index < -0.39 is 15.9 Å². The molecule has 152 valence electrons. The Bertz CT molecular complexity index is 1050. The van der Waals surface area contributed by atoms with Gasteiger partial charge in [0.1, 0.15) is 17.2 Å². The predicted molar refractivity (Wildman–Crippen MR) is 117 cm³/mol. The summed E-state index contributed by atoms with van der Waals surface area (Å²) in [5, 5.41) is 2.16. The fourth-order valence-electron chi connectivity index (χ4n) is 2.64. The second-order valence-corrected chi connectivity index (χ2v) is 8.89. The molecule has 0 aliphatic carbocycles. The van der Waals surface area contributed by atoms with Crippen molar-refractivity contribution in [2.75, 3.05) is 7.11 Å². The van der Waals surface area contributed by atoms with Gasteiger partial charge in [0.15, 0.2) is 6.10 Å². The summed E-state index contributed by atoms with van der Waals surface area (Å²) in [6, 6.07) is 15.9. The Balaban J connectivity index is 1.84. The zero-order valence-corrected chi connectivity index (χ0v) is 18.4. The number of alkyl halides is 3. The molecule has 0 spiro atoms. The molecule has 29 heavy (non-hydrogen) atoms. The van der Waals surface area contributed by atoms with Crippen LogP contribution in [0.4, 0.5) is 0 Å². The van der Waals surface area contributed by atoms with Gasteiger partial charge in [-0.25, -0.2) is 4.79 Å². The number of carbonyl (C=O) groups excluding carboxylic acids is 1. The standard InChI is InChI=1S/C21H16Cl4O4/c1-12(20(26)27-2)28-16-6-3-13-4-7-17(10-14(13)9-16)29-19-8-5-15(11-18(19)22)21(23,24)25/h3-12H,1-2H3/t12-/m1/s1. The Morgan fingerprint density at radius 3 is 2.21 bits per heavy atom. The number of hydrogen-bond donors (Lipinski definition) is 0. The predicted octanol–water partition coefficient (Wildman–Crippen LogP) is 7.05. The van der Waals surface area contributed by atoms with E-state index in [4.69, 9.17) is 55.9 Å². The number of halogens is 4. The molecule has 0 aliphatic rings. The lowest BCUT2D eigenvalue weighted by atomic mass is 10.1. The van der Waals surface area contributed by atoms with Crippen molar-refractivity contribution in [3.05, 3.63) is 65.2 Å². The highest BCUT2D eigenvalue weighted by Crippen LogP contribution is 2.41. The first kappa shape index (κ1) is 21.8. The molecule has 0 unspecified atom stereocenters. The average molecular weight is 474 g/mol. The molecule has 0 aromatic heterocycles. The van der Waals surface area contributed by atoms with Crippen molar-refractivity contribution in [3.63, 3.8) is 0 Å². The maximum atomic E-state index is 11.6. The maximum Gasteiger partial charge on any atom is 0.346 e. The van der Waals surface area contributed by atoms with Gasteiger partial charge >= 0.3 is 5.97 Å². The van der Waals surface area contributed by atoms with Crippen LogP contribution in [0.5, 0.6) is 17.2 Å². The Morgan fingerprint density at radius 2 is 1.59 bits per heavy atom. The number of ether oxygens (including phenoxy) is 3. The van der Waals surface area contributed by atoms with Gasteiger partial charge < -0.3 is 14.2 Å². The summed E-state index contributed by atoms with van der Waals surface area (Å²) in [6.07, 6.45) is -0.716. The maximum absolute atomic E-state index is 11.6. The number of methoxy groups -OCH3 is 1. The van der Waals surface area contributed by atoms with Crippen LogP contribution in [-0.2, 0) is 13.3 Å². The highest BCUT2D eigenvalue weighted by atomic mass is 35.6. The zero-order chi connectivity index (χ0) is 21.2. The van der Waals surface area contributed by atoms with Crippen LogP contribution in [0.3, 0.4) is 0 Å². The normalized spacial score (nSPS) is 12.5. The van der Waals surface area contributed by atoms with Crippen LogP contribution in [0.2, 0.25) is 5.02 Å². The highest BCUT2D eigenvalue weighted by molar-refractivity contribution is 6.66. The van der Waals surface area contributed by atoms with Crippen molar-refractivity contribution < 1.29 is 19.0 Å². The second kappa shape index (κ2) is 8.88. The Labute approximate surface area is 188 Å². The van der Waals surface area contributed by atoms with Gasteiger partial charge in [-0.1, -0.05) is 64.6 Å². The number of carbonyl (C=O) groups is 1. The van der Waals surface area contributed by atoms with Gasteiger partial charge in [0.2, 0.25) is 3.79 Å². The lowest BCUT2D eigenvalue weighted by molar-refractivity contribution is -0.147. The van der Waals surface area contributed by atoms with E-state index in [1.54, 1.807) is 31.2 Å². The number of fused-ring (bicyclic) bond motifs is 1. The van der Waals surface area contributed by atoms with Gasteiger partial charge in [0.25, 0.3) is 0 Å². The third-order valence-corrected chi connectivity index (χ3v) is 5.07. The molecule has 0 N–H and O–H groups in total. The molecule has 3 rings (SSSR count). The second-order valence-electron chi connectivity index (χ2n) is 6.20. The number of hydrogen-bond acceptors (Lipinski definition) is 4. The largest absolute Gasteiger partial charge is 0.479 e. The monoisotopic (exact) mass is 472 g/mol. The summed E-state index contributed by atoms with van der Waals surface area (Å²) in [5.41, 5.74) is 0.444. The summed E-state index contributed by atoms with van der Waals surface area (Å²) in [6.45, 7) is 1.62. The molecule has 0 saturated carbocycles. The summed E-state index contributed by atoms with van der Waals surface area (Å²) < 4.78 is 14.6. The quantitative estimate of drug-likeness (QED) is 0.294. The summed E-state index contributed by atoms with van der Waals surface area (Å²) in [4.78, 5) is 11.6. The van der Waals surface area contributed by atoms with Crippen LogP contribution in [0, 0.1) is 0 Å². The first-order chi connectivity index (χ1) is 13.7. The molecule has 8 heteroatoms. The van der Waals surface area contributed by atoms with E-state index in [0.717, 1.165) is 10.8 Å². The molecule has 0 fully saturated rings. The molecule has 0 heterocycles. The van der Waals surface area contributed by atoms with Crippen LogP contribution < -0.4 is 9.47 Å². The minimum atomic E-state index is -1.57. The fraction of sp³-hybridized carbons (Fsp3) is 0.190. The molecule has 4 nitrogen and oxygen atoms in total. The third kappa shape index (κ3) is 5.40. The van der Waals surface area contributed by atoms with E-state index in [1.165, 1.54) is 7.11 Å². The summed E-state index contributed by atoms with van der Waals surface area (Å²) >= 11 is 23.9. The van der Waals surface area contributed by atoms with Crippen LogP contribution >= 0.6 is 46.4 Å². The topological polar surface area (TPSA) is 44.8 Å². The molecule has 0 amide bonds. The van der Waals surface area contributed by atoms with Crippen molar-refractivity contribution in [1.29, 1.82) is 0 Å². The van der Waals surface area contributed by atoms with E-state index in [2.05, 4.69) is 4.74 Å². The number of esters is 1. The van der Waals surface area contributed by atoms with Crippen molar-refractivity contribution in [1.82, 2.24) is 0 Å². The van der Waals surface area contributed by atoms with E-state index in [1.807, 2.05) is 30.3 Å². The molecule has 0 bridgehead atoms. The first-order valence-corrected chi connectivity index (χ1v) is 10.0. The van der Waals surface area contributed by atoms with E-state index >= 15 is 0 Å². The van der Waals surface area contributed by atoms with Gasteiger partial charge in [-0.3, -0.25) is 0 Å². The van der Waals surface area contributed by atoms with Crippen LogP contribution in [0.15, 0.2) is 54.6 Å². The highest BCUT2D eigenvalue weighted by Gasteiger charge is 2.23. The molecule has 1 atom stereocenters. The van der Waals surface area contributed by atoms with Gasteiger partial charge in [-0.05, 0) is 54.1 Å². The summed E-state index contributed by atoms with van der Waals surface area (Å²) in [7, 11) is 1.32. The lowest BCUT2D eigenvalue weighted by Gasteiger charge is -2.15. The van der Waals surface area contributed by atoms with Crippen molar-refractivity contribution in [2.45, 2.75) is 16.8 Å². The Hall–Kier alpha value is -1.85. The van der Waals surface area contributed by atoms with E-state index in [-0.39, 0.29) is 0 Å². The number of rotatable bonds is 5. The van der Waals surface area contributed by atoms with Crippen LogP contribution in [0.25, 0.3) is 10.8 Å². The average Bonchev–Trinajstić information content (AvgIpc) is 2.67. The van der Waals surface area contributed by atoms with Gasteiger partial charge in [-0.2, -0.15) is 0 Å². The van der Waals surface area contributed by atoms with Crippen LogP contribution in [-0.4, -0.2) is 19.2 Å². The van der Waals surface area contributed by atoms with Crippen molar-refractivity contribution in [2.24, 2.45) is 0 Å². The molecular formula is C21H16Cl4O4. The van der Waals surface area contributed by atoms with Crippen molar-refractivity contribution in [3.8, 4) is 17.2 Å². The Kier molecular flexibility index (Phi) is 6.69. The van der Waals surface area contributed by atoms with Gasteiger partial charge in [0, 0.05) is 5.56 Å². The number of benzene rings is 3. The van der Waals surface area contributed by atoms with E-state index in [9.17, 15) is 4.79 Å². The first-order valence-electron chi connectivity index (χ1n) is 8.50. The zero-order valence-electron chi connectivity index (χ0n) is 15.4. The summed E-state index contributed by atoms with van der Waals surface area (Å²) in [5.74, 6) is 1.09. The van der Waals surface area contributed by atoms with Gasteiger partial charge in [0.05, 0.1) is 12.1 Å².